The molecule has 1 aliphatic rings. The number of anilines is 1. The van der Waals surface area contributed by atoms with Crippen molar-refractivity contribution in [1.29, 1.82) is 0 Å². The lowest BCUT2D eigenvalue weighted by Gasteiger charge is -2.19. The fourth-order valence-electron chi connectivity index (χ4n) is 2.08. The van der Waals surface area contributed by atoms with Crippen molar-refractivity contribution in [3.63, 3.8) is 0 Å². The van der Waals surface area contributed by atoms with Crippen molar-refractivity contribution in [2.24, 2.45) is 4.99 Å². The maximum atomic E-state index is 12.1. The van der Waals surface area contributed by atoms with Gasteiger partial charge in [-0.05, 0) is 18.6 Å². The van der Waals surface area contributed by atoms with E-state index in [1.54, 1.807) is 24.3 Å². The third kappa shape index (κ3) is 5.47. The topological polar surface area (TPSA) is 90.9 Å². The van der Waals surface area contributed by atoms with Crippen LogP contribution in [0, 0.1) is 0 Å². The van der Waals surface area contributed by atoms with Crippen molar-refractivity contribution in [2.75, 3.05) is 23.7 Å². The number of nitrogens with one attached hydrogen (secondary N) is 2. The molecule has 134 valence electrons. The normalized spacial score (nSPS) is 13.6. The van der Waals surface area contributed by atoms with E-state index in [0.29, 0.717) is 22.4 Å². The number of aliphatic imine (C=N–C) groups is 1. The van der Waals surface area contributed by atoms with Crippen LogP contribution < -0.4 is 15.5 Å². The number of imide groups is 1. The quantitative estimate of drug-likeness (QED) is 0.739. The molecule has 0 bridgehead atoms. The zero-order chi connectivity index (χ0) is 18.2. The molecule has 1 aliphatic heterocycles. The van der Waals surface area contributed by atoms with Gasteiger partial charge in [0.05, 0.1) is 16.5 Å². The average Bonchev–Trinajstić information content (AvgIpc) is 2.94. The minimum absolute atomic E-state index is 0.00663. The lowest BCUT2D eigenvalue weighted by Crippen LogP contribution is -2.41. The Bertz CT molecular complexity index is 696. The molecule has 0 aliphatic carbocycles. The second kappa shape index (κ2) is 9.43. The van der Waals surface area contributed by atoms with Gasteiger partial charge in [-0.1, -0.05) is 48.8 Å². The van der Waals surface area contributed by atoms with Crippen LogP contribution in [0.3, 0.4) is 0 Å². The van der Waals surface area contributed by atoms with Crippen molar-refractivity contribution in [3.05, 3.63) is 29.3 Å². The summed E-state index contributed by atoms with van der Waals surface area (Å²) in [5.74, 6) is -0.706. The van der Waals surface area contributed by atoms with Gasteiger partial charge in [-0.25, -0.2) is 4.79 Å². The fourth-order valence-corrected chi connectivity index (χ4v) is 3.12. The van der Waals surface area contributed by atoms with Gasteiger partial charge in [-0.3, -0.25) is 24.8 Å². The Balaban J connectivity index is 1.89. The van der Waals surface area contributed by atoms with Crippen LogP contribution in [0.4, 0.5) is 10.5 Å². The molecule has 1 aromatic rings. The van der Waals surface area contributed by atoms with E-state index in [2.05, 4.69) is 15.6 Å². The molecule has 0 saturated heterocycles. The smallest absolute Gasteiger partial charge is 0.321 e. The summed E-state index contributed by atoms with van der Waals surface area (Å²) in [5, 5.41) is 5.66. The number of rotatable bonds is 6. The maximum absolute atomic E-state index is 12.1. The molecule has 0 fully saturated rings. The van der Waals surface area contributed by atoms with Crippen molar-refractivity contribution in [3.8, 4) is 0 Å². The second-order valence-electron chi connectivity index (χ2n) is 5.23. The Labute approximate surface area is 155 Å². The van der Waals surface area contributed by atoms with Gasteiger partial charge in [0, 0.05) is 6.54 Å². The molecular weight excluding hydrogens is 364 g/mol. The van der Waals surface area contributed by atoms with Crippen LogP contribution in [0.15, 0.2) is 29.3 Å². The number of para-hydroxylation sites is 1. The number of amidine groups is 1. The van der Waals surface area contributed by atoms with Gasteiger partial charge in [0.2, 0.25) is 5.91 Å². The van der Waals surface area contributed by atoms with Crippen molar-refractivity contribution < 1.29 is 14.4 Å². The van der Waals surface area contributed by atoms with Gasteiger partial charge in [0.1, 0.15) is 6.54 Å². The highest BCUT2D eigenvalue weighted by Crippen LogP contribution is 2.30. The number of carbonyl (C=O) groups is 3. The van der Waals surface area contributed by atoms with Gasteiger partial charge in [-0.2, -0.15) is 0 Å². The van der Waals surface area contributed by atoms with Crippen LogP contribution in [-0.4, -0.2) is 41.9 Å². The van der Waals surface area contributed by atoms with Crippen LogP contribution in [0.2, 0.25) is 5.02 Å². The number of thioether (sulfide) groups is 1. The minimum atomic E-state index is -0.522. The van der Waals surface area contributed by atoms with Crippen molar-refractivity contribution in [1.82, 2.24) is 10.6 Å². The molecule has 0 radical (unpaired) electrons. The first-order valence-electron chi connectivity index (χ1n) is 7.85. The molecule has 0 aromatic heterocycles. The molecule has 4 amide bonds. The number of urea groups is 1. The summed E-state index contributed by atoms with van der Waals surface area (Å²) in [7, 11) is 0. The van der Waals surface area contributed by atoms with Crippen LogP contribution in [0.1, 0.15) is 19.8 Å². The summed E-state index contributed by atoms with van der Waals surface area (Å²) in [5.41, 5.74) is 0.524. The van der Waals surface area contributed by atoms with E-state index in [1.165, 1.54) is 4.90 Å². The van der Waals surface area contributed by atoms with Gasteiger partial charge >= 0.3 is 6.03 Å². The molecule has 0 unspecified atom stereocenters. The second-order valence-corrected chi connectivity index (χ2v) is 6.58. The minimum Gasteiger partial charge on any atom is -0.338 e. The summed E-state index contributed by atoms with van der Waals surface area (Å²) in [6.45, 7) is 2.53. The first kappa shape index (κ1) is 19.3. The van der Waals surface area contributed by atoms with Crippen molar-refractivity contribution in [2.45, 2.75) is 19.8 Å². The third-order valence-corrected chi connectivity index (χ3v) is 4.58. The molecule has 1 heterocycles. The summed E-state index contributed by atoms with van der Waals surface area (Å²) in [6, 6.07) is 6.40. The van der Waals surface area contributed by atoms with Gasteiger partial charge < -0.3 is 5.32 Å². The first-order chi connectivity index (χ1) is 12.0. The number of unbranched alkanes of at least 4 members (excludes halogenated alkanes) is 1. The Kier molecular flexibility index (Phi) is 7.27. The monoisotopic (exact) mass is 382 g/mol. The maximum Gasteiger partial charge on any atom is 0.321 e. The molecule has 2 rings (SSSR count). The number of nitrogens with zero attached hydrogens (tertiary/aromatic N) is 2. The molecular formula is C16H19ClN4O3S. The summed E-state index contributed by atoms with van der Waals surface area (Å²) in [6.07, 6.45) is 1.80. The molecule has 0 atom stereocenters. The number of hydrogen-bond donors (Lipinski definition) is 2. The van der Waals surface area contributed by atoms with Crippen LogP contribution >= 0.6 is 23.4 Å². The molecule has 2 N–H and O–H groups in total. The highest BCUT2D eigenvalue weighted by Gasteiger charge is 2.29. The Morgan fingerprint density at radius 2 is 2.12 bits per heavy atom. The van der Waals surface area contributed by atoms with E-state index < -0.39 is 11.9 Å². The highest BCUT2D eigenvalue weighted by atomic mass is 35.5. The van der Waals surface area contributed by atoms with E-state index in [-0.39, 0.29) is 18.2 Å². The van der Waals surface area contributed by atoms with E-state index in [4.69, 9.17) is 11.6 Å². The zero-order valence-corrected chi connectivity index (χ0v) is 15.3. The Morgan fingerprint density at radius 1 is 1.36 bits per heavy atom. The largest absolute Gasteiger partial charge is 0.338 e. The van der Waals surface area contributed by atoms with Gasteiger partial charge in [0.25, 0.3) is 5.91 Å². The predicted octanol–water partition coefficient (Wildman–Crippen LogP) is 2.40. The lowest BCUT2D eigenvalue weighted by molar-refractivity contribution is -0.117. The summed E-state index contributed by atoms with van der Waals surface area (Å²) in [4.78, 5) is 41.0. The van der Waals surface area contributed by atoms with Gasteiger partial charge in [0.15, 0.2) is 5.17 Å². The Morgan fingerprint density at radius 3 is 2.84 bits per heavy atom. The Hall–Kier alpha value is -2.06. The van der Waals surface area contributed by atoms with E-state index >= 15 is 0 Å². The first-order valence-corrected chi connectivity index (χ1v) is 9.21. The van der Waals surface area contributed by atoms with Gasteiger partial charge in [-0.15, -0.1) is 0 Å². The zero-order valence-electron chi connectivity index (χ0n) is 13.8. The lowest BCUT2D eigenvalue weighted by atomic mass is 10.3. The fraction of sp³-hybridized carbons (Fsp3) is 0.375. The number of hydrogen-bond acceptors (Lipinski definition) is 5. The van der Waals surface area contributed by atoms with Crippen LogP contribution in [-0.2, 0) is 9.59 Å². The number of amides is 4. The number of halogens is 1. The van der Waals surface area contributed by atoms with Crippen LogP contribution in [0.25, 0.3) is 0 Å². The SMILES string of the molecule is CCCCNC(=O)NC(=O)CSC1=NCC(=O)N1c1ccccc1Cl. The standard InChI is InChI=1S/C16H19ClN4O3S/c1-2-3-8-18-15(24)20-13(22)10-25-16-19-9-14(23)21(16)12-7-5-4-6-11(12)17/h4-7H,2-3,8-10H2,1H3,(H2,18,20,22,24). The highest BCUT2D eigenvalue weighted by molar-refractivity contribution is 8.14. The molecule has 0 spiro atoms. The molecule has 25 heavy (non-hydrogen) atoms. The predicted molar refractivity (Wildman–Crippen MR) is 100 cm³/mol. The van der Waals surface area contributed by atoms with E-state index in [0.717, 1.165) is 24.6 Å². The molecule has 7 nitrogen and oxygen atoms in total. The summed E-state index contributed by atoms with van der Waals surface area (Å²) >= 11 is 7.22. The van der Waals surface area contributed by atoms with E-state index in [9.17, 15) is 14.4 Å². The third-order valence-electron chi connectivity index (χ3n) is 3.28. The van der Waals surface area contributed by atoms with E-state index in [1.807, 2.05) is 6.92 Å². The number of benzene rings is 1. The molecule has 0 saturated carbocycles. The molecule has 1 aromatic carbocycles. The summed E-state index contributed by atoms with van der Waals surface area (Å²) < 4.78 is 0. The average molecular weight is 383 g/mol. The van der Waals surface area contributed by atoms with Crippen molar-refractivity contribution >= 4 is 52.1 Å². The number of carbonyl (C=O) groups excluding carboxylic acids is 3. The van der Waals surface area contributed by atoms with Crippen LogP contribution in [0.5, 0.6) is 0 Å². The molecule has 9 heteroatoms.